The summed E-state index contributed by atoms with van der Waals surface area (Å²) < 4.78 is 28.4. The van der Waals surface area contributed by atoms with Crippen molar-refractivity contribution in [2.75, 3.05) is 24.7 Å². The molecule has 1 aromatic heterocycles. The number of hydrogen-bond donors (Lipinski definition) is 0. The SMILES string of the molecule is CCN(C(=O)COC(=O)c1nn(-c2ccccc2)nc1C)[C@@H]1CCS(=O)(=O)C1. The normalized spacial score (nSPS) is 18.0. The Bertz CT molecular complexity index is 971. The number of amides is 1. The van der Waals surface area contributed by atoms with Gasteiger partial charge in [-0.1, -0.05) is 18.2 Å². The van der Waals surface area contributed by atoms with Crippen molar-refractivity contribution >= 4 is 21.7 Å². The van der Waals surface area contributed by atoms with Crippen molar-refractivity contribution in [2.24, 2.45) is 0 Å². The number of rotatable bonds is 6. The van der Waals surface area contributed by atoms with Crippen molar-refractivity contribution in [1.82, 2.24) is 19.9 Å². The molecule has 0 N–H and O–H groups in total. The van der Waals surface area contributed by atoms with Crippen LogP contribution in [0.15, 0.2) is 30.3 Å². The van der Waals surface area contributed by atoms with Crippen molar-refractivity contribution in [3.63, 3.8) is 0 Å². The predicted molar refractivity (Wildman–Crippen MR) is 101 cm³/mol. The van der Waals surface area contributed by atoms with Gasteiger partial charge < -0.3 is 9.64 Å². The number of sulfone groups is 1. The minimum atomic E-state index is -3.11. The van der Waals surface area contributed by atoms with Gasteiger partial charge in [0.2, 0.25) is 0 Å². The van der Waals surface area contributed by atoms with Gasteiger partial charge >= 0.3 is 5.97 Å². The van der Waals surface area contributed by atoms with Crippen molar-refractivity contribution in [3.8, 4) is 5.69 Å². The molecule has 28 heavy (non-hydrogen) atoms. The highest BCUT2D eigenvalue weighted by atomic mass is 32.2. The van der Waals surface area contributed by atoms with E-state index < -0.39 is 28.3 Å². The van der Waals surface area contributed by atoms with E-state index in [1.54, 1.807) is 26.0 Å². The number of carbonyl (C=O) groups excluding carboxylic acids is 2. The molecular weight excluding hydrogens is 384 g/mol. The van der Waals surface area contributed by atoms with Crippen LogP contribution in [0.25, 0.3) is 5.69 Å². The van der Waals surface area contributed by atoms with Crippen LogP contribution in [0, 0.1) is 6.92 Å². The number of aromatic nitrogens is 3. The number of esters is 1. The van der Waals surface area contributed by atoms with Gasteiger partial charge in [0.1, 0.15) is 0 Å². The fraction of sp³-hybridized carbons (Fsp3) is 0.444. The molecule has 1 saturated heterocycles. The largest absolute Gasteiger partial charge is 0.451 e. The number of ether oxygens (including phenoxy) is 1. The zero-order chi connectivity index (χ0) is 20.3. The molecule has 9 nitrogen and oxygen atoms in total. The molecule has 2 aromatic rings. The first kappa shape index (κ1) is 20.0. The molecule has 1 atom stereocenters. The van der Waals surface area contributed by atoms with Gasteiger partial charge in [0, 0.05) is 12.6 Å². The van der Waals surface area contributed by atoms with Gasteiger partial charge in [0.25, 0.3) is 5.91 Å². The summed E-state index contributed by atoms with van der Waals surface area (Å²) in [4.78, 5) is 27.6. The van der Waals surface area contributed by atoms with Crippen LogP contribution >= 0.6 is 0 Å². The number of para-hydroxylation sites is 1. The summed E-state index contributed by atoms with van der Waals surface area (Å²) in [6, 6.07) is 8.73. The van der Waals surface area contributed by atoms with Crippen LogP contribution in [0.2, 0.25) is 0 Å². The summed E-state index contributed by atoms with van der Waals surface area (Å²) >= 11 is 0. The van der Waals surface area contributed by atoms with Gasteiger partial charge in [-0.2, -0.15) is 9.90 Å². The second-order valence-electron chi connectivity index (χ2n) is 6.57. The fourth-order valence-corrected chi connectivity index (χ4v) is 4.91. The van der Waals surface area contributed by atoms with Crippen LogP contribution < -0.4 is 0 Å². The predicted octanol–water partition coefficient (Wildman–Crippen LogP) is 0.768. The van der Waals surface area contributed by atoms with Gasteiger partial charge in [-0.25, -0.2) is 13.2 Å². The van der Waals surface area contributed by atoms with Crippen molar-refractivity contribution in [1.29, 1.82) is 0 Å². The van der Waals surface area contributed by atoms with E-state index >= 15 is 0 Å². The van der Waals surface area contributed by atoms with E-state index in [0.29, 0.717) is 24.3 Å². The first-order valence-corrected chi connectivity index (χ1v) is 10.8. The van der Waals surface area contributed by atoms with E-state index in [1.165, 1.54) is 9.70 Å². The first-order valence-electron chi connectivity index (χ1n) is 8.97. The molecule has 0 unspecified atom stereocenters. The molecule has 2 heterocycles. The zero-order valence-electron chi connectivity index (χ0n) is 15.7. The topological polar surface area (TPSA) is 111 Å². The van der Waals surface area contributed by atoms with Crippen LogP contribution in [-0.4, -0.2) is 70.9 Å². The highest BCUT2D eigenvalue weighted by Gasteiger charge is 2.34. The third-order valence-electron chi connectivity index (χ3n) is 4.60. The molecule has 0 saturated carbocycles. The summed E-state index contributed by atoms with van der Waals surface area (Å²) in [5.74, 6) is -1.15. The molecule has 0 spiro atoms. The maximum Gasteiger partial charge on any atom is 0.361 e. The Labute approximate surface area is 163 Å². The maximum absolute atomic E-state index is 12.4. The molecule has 0 bridgehead atoms. The Kier molecular flexibility index (Phi) is 5.78. The summed E-state index contributed by atoms with van der Waals surface area (Å²) in [5.41, 5.74) is 1.11. The van der Waals surface area contributed by atoms with Crippen LogP contribution in [-0.2, 0) is 19.4 Å². The Hall–Kier alpha value is -2.75. The Morgan fingerprint density at radius 1 is 1.25 bits per heavy atom. The smallest absolute Gasteiger partial charge is 0.361 e. The monoisotopic (exact) mass is 406 g/mol. The molecule has 1 aromatic carbocycles. The number of hydrogen-bond acceptors (Lipinski definition) is 7. The van der Waals surface area contributed by atoms with Crippen LogP contribution in [0.1, 0.15) is 29.5 Å². The molecule has 1 amide bonds. The van der Waals surface area contributed by atoms with E-state index in [-0.39, 0.29) is 23.2 Å². The van der Waals surface area contributed by atoms with E-state index in [9.17, 15) is 18.0 Å². The van der Waals surface area contributed by atoms with Gasteiger partial charge in [-0.15, -0.1) is 5.10 Å². The summed E-state index contributed by atoms with van der Waals surface area (Å²) in [6.45, 7) is 3.27. The first-order chi connectivity index (χ1) is 13.3. The molecule has 150 valence electrons. The average Bonchev–Trinajstić information content (AvgIpc) is 3.23. The number of likely N-dealkylation sites (N-methyl/N-ethyl adjacent to an activating group) is 1. The lowest BCUT2D eigenvalue weighted by molar-refractivity contribution is -0.136. The molecule has 1 aliphatic heterocycles. The van der Waals surface area contributed by atoms with Gasteiger partial charge in [-0.05, 0) is 32.4 Å². The minimum Gasteiger partial charge on any atom is -0.451 e. The molecule has 0 radical (unpaired) electrons. The Morgan fingerprint density at radius 3 is 2.57 bits per heavy atom. The van der Waals surface area contributed by atoms with Crippen molar-refractivity contribution in [3.05, 3.63) is 41.7 Å². The molecular formula is C18H22N4O5S. The lowest BCUT2D eigenvalue weighted by Crippen LogP contribution is -2.43. The lowest BCUT2D eigenvalue weighted by Gasteiger charge is -2.26. The summed E-state index contributed by atoms with van der Waals surface area (Å²) in [5, 5.41) is 8.35. The second kappa shape index (κ2) is 8.09. The number of aryl methyl sites for hydroxylation is 1. The highest BCUT2D eigenvalue weighted by Crippen LogP contribution is 2.18. The zero-order valence-corrected chi connectivity index (χ0v) is 16.6. The van der Waals surface area contributed by atoms with Crippen molar-refractivity contribution in [2.45, 2.75) is 26.3 Å². The number of benzene rings is 1. The summed E-state index contributed by atoms with van der Waals surface area (Å²) in [7, 11) is -3.11. The lowest BCUT2D eigenvalue weighted by atomic mass is 10.2. The summed E-state index contributed by atoms with van der Waals surface area (Å²) in [6.07, 6.45) is 0.403. The molecule has 10 heteroatoms. The van der Waals surface area contributed by atoms with Crippen LogP contribution in [0.5, 0.6) is 0 Å². The van der Waals surface area contributed by atoms with Gasteiger partial charge in [-0.3, -0.25) is 4.79 Å². The van der Waals surface area contributed by atoms with Crippen LogP contribution in [0.4, 0.5) is 0 Å². The third-order valence-corrected chi connectivity index (χ3v) is 6.35. The van der Waals surface area contributed by atoms with E-state index in [4.69, 9.17) is 4.74 Å². The quantitative estimate of drug-likeness (QED) is 0.651. The Morgan fingerprint density at radius 2 is 1.96 bits per heavy atom. The Balaban J connectivity index is 1.63. The van der Waals surface area contributed by atoms with Crippen LogP contribution in [0.3, 0.4) is 0 Å². The van der Waals surface area contributed by atoms with Gasteiger partial charge in [0.15, 0.2) is 22.1 Å². The van der Waals surface area contributed by atoms with E-state index in [0.717, 1.165) is 0 Å². The van der Waals surface area contributed by atoms with E-state index in [1.807, 2.05) is 18.2 Å². The number of carbonyl (C=O) groups is 2. The average molecular weight is 406 g/mol. The molecule has 1 fully saturated rings. The highest BCUT2D eigenvalue weighted by molar-refractivity contribution is 7.91. The minimum absolute atomic E-state index is 0.0307. The van der Waals surface area contributed by atoms with Crippen molar-refractivity contribution < 1.29 is 22.7 Å². The standard InChI is InChI=1S/C18H22N4O5S/c1-3-21(15-9-10-28(25,26)12-15)16(23)11-27-18(24)17-13(2)19-22(20-17)14-7-5-4-6-8-14/h4-8,15H,3,9-12H2,1-2H3/t15-/m1/s1. The molecule has 3 rings (SSSR count). The molecule has 1 aliphatic rings. The van der Waals surface area contributed by atoms with E-state index in [2.05, 4.69) is 10.2 Å². The maximum atomic E-state index is 12.4. The fourth-order valence-electron chi connectivity index (χ4n) is 3.18. The van der Waals surface area contributed by atoms with Gasteiger partial charge in [0.05, 0.1) is 22.9 Å². The number of nitrogens with zero attached hydrogens (tertiary/aromatic N) is 4. The molecule has 0 aliphatic carbocycles. The second-order valence-corrected chi connectivity index (χ2v) is 8.80. The third kappa shape index (κ3) is 4.38.